The molecule has 3 heteroatoms. The molecule has 1 amide bonds. The van der Waals surface area contributed by atoms with E-state index in [0.29, 0.717) is 5.92 Å². The molecule has 2 fully saturated rings. The van der Waals surface area contributed by atoms with Crippen LogP contribution in [-0.4, -0.2) is 12.5 Å². The topological polar surface area (TPSA) is 55.1 Å². The predicted molar refractivity (Wildman–Crippen MR) is 84.5 cm³/mol. The molecule has 3 N–H and O–H groups in total. The Balaban J connectivity index is 1.52. The molecule has 1 aromatic rings. The summed E-state index contributed by atoms with van der Waals surface area (Å²) in [5.41, 5.74) is 7.26. The quantitative estimate of drug-likeness (QED) is 0.810. The summed E-state index contributed by atoms with van der Waals surface area (Å²) in [6.45, 7) is 2.77. The van der Waals surface area contributed by atoms with Crippen LogP contribution < -0.4 is 11.1 Å². The zero-order chi connectivity index (χ0) is 14.8. The lowest BCUT2D eigenvalue weighted by Gasteiger charge is -2.22. The molecule has 0 aromatic heterocycles. The van der Waals surface area contributed by atoms with E-state index < -0.39 is 0 Å². The molecular formula is C18H26N2O. The van der Waals surface area contributed by atoms with Gasteiger partial charge in [0.1, 0.15) is 0 Å². The van der Waals surface area contributed by atoms with Gasteiger partial charge in [-0.25, -0.2) is 0 Å². The van der Waals surface area contributed by atoms with Crippen LogP contribution >= 0.6 is 0 Å². The average Bonchev–Trinajstić information content (AvgIpc) is 3.39. The molecule has 3 nitrogen and oxygen atoms in total. The van der Waals surface area contributed by atoms with Crippen LogP contribution in [0.3, 0.4) is 0 Å². The summed E-state index contributed by atoms with van der Waals surface area (Å²) >= 11 is 0. The van der Waals surface area contributed by atoms with Crippen LogP contribution in [0.4, 0.5) is 0 Å². The molecule has 0 heterocycles. The molecule has 114 valence electrons. The molecule has 2 unspecified atom stereocenters. The second kappa shape index (κ2) is 6.18. The Kier molecular flexibility index (Phi) is 4.29. The first-order chi connectivity index (χ1) is 10.2. The second-order valence-corrected chi connectivity index (χ2v) is 6.81. The summed E-state index contributed by atoms with van der Waals surface area (Å²) in [4.78, 5) is 12.4. The van der Waals surface area contributed by atoms with E-state index in [-0.39, 0.29) is 17.9 Å². The van der Waals surface area contributed by atoms with E-state index in [1.807, 2.05) is 37.3 Å². The van der Waals surface area contributed by atoms with Gasteiger partial charge in [0.25, 0.3) is 0 Å². The Morgan fingerprint density at radius 2 is 1.76 bits per heavy atom. The minimum Gasteiger partial charge on any atom is -0.356 e. The summed E-state index contributed by atoms with van der Waals surface area (Å²) in [5.74, 6) is 2.37. The molecule has 0 radical (unpaired) electrons. The van der Waals surface area contributed by atoms with Crippen molar-refractivity contribution in [2.75, 3.05) is 6.54 Å². The van der Waals surface area contributed by atoms with E-state index >= 15 is 0 Å². The third-order valence-corrected chi connectivity index (χ3v) is 5.10. The van der Waals surface area contributed by atoms with Gasteiger partial charge >= 0.3 is 0 Å². The molecule has 2 aliphatic carbocycles. The van der Waals surface area contributed by atoms with Gasteiger partial charge in [-0.15, -0.1) is 0 Å². The number of nitrogens with one attached hydrogen (secondary N) is 1. The van der Waals surface area contributed by atoms with Gasteiger partial charge in [-0.05, 0) is 49.0 Å². The van der Waals surface area contributed by atoms with Gasteiger partial charge in [-0.1, -0.05) is 37.3 Å². The third kappa shape index (κ3) is 3.65. The van der Waals surface area contributed by atoms with Crippen molar-refractivity contribution in [2.45, 2.75) is 38.6 Å². The Bertz CT molecular complexity index is 467. The van der Waals surface area contributed by atoms with Crippen LogP contribution in [0.25, 0.3) is 0 Å². The number of carbonyl (C=O) groups excluding carboxylic acids is 1. The van der Waals surface area contributed by atoms with Gasteiger partial charge in [0, 0.05) is 12.6 Å². The van der Waals surface area contributed by atoms with E-state index in [4.69, 9.17) is 5.73 Å². The SMILES string of the molecule is CC(C(=O)NCC(C1CC1)C1CC1)C(N)c1ccccc1. The van der Waals surface area contributed by atoms with Crippen molar-refractivity contribution in [2.24, 2.45) is 29.4 Å². The molecule has 2 saturated carbocycles. The maximum Gasteiger partial charge on any atom is 0.224 e. The van der Waals surface area contributed by atoms with Gasteiger partial charge in [-0.3, -0.25) is 4.79 Å². The minimum atomic E-state index is -0.230. The largest absolute Gasteiger partial charge is 0.356 e. The van der Waals surface area contributed by atoms with E-state index in [9.17, 15) is 4.79 Å². The zero-order valence-corrected chi connectivity index (χ0v) is 12.8. The highest BCUT2D eigenvalue weighted by atomic mass is 16.1. The number of benzene rings is 1. The molecule has 0 saturated heterocycles. The molecule has 21 heavy (non-hydrogen) atoms. The van der Waals surface area contributed by atoms with Crippen LogP contribution in [0.2, 0.25) is 0 Å². The zero-order valence-electron chi connectivity index (χ0n) is 12.8. The summed E-state index contributed by atoms with van der Waals surface area (Å²) < 4.78 is 0. The fourth-order valence-electron chi connectivity index (χ4n) is 3.27. The highest BCUT2D eigenvalue weighted by Gasteiger charge is 2.41. The van der Waals surface area contributed by atoms with E-state index in [1.54, 1.807) is 0 Å². The van der Waals surface area contributed by atoms with Gasteiger partial charge in [-0.2, -0.15) is 0 Å². The summed E-state index contributed by atoms with van der Waals surface area (Å²) in [7, 11) is 0. The standard InChI is InChI=1S/C18H26N2O/c1-12(17(19)15-5-3-2-4-6-15)18(21)20-11-16(13-7-8-13)14-9-10-14/h2-6,12-14,16-17H,7-11,19H2,1H3,(H,20,21). The Hall–Kier alpha value is -1.35. The average molecular weight is 286 g/mol. The van der Waals surface area contributed by atoms with Gasteiger partial charge in [0.05, 0.1) is 5.92 Å². The fourth-order valence-corrected chi connectivity index (χ4v) is 3.27. The van der Waals surface area contributed by atoms with Crippen LogP contribution in [0, 0.1) is 23.7 Å². The predicted octanol–water partition coefficient (Wildman–Crippen LogP) is 2.87. The van der Waals surface area contributed by atoms with Crippen molar-refractivity contribution in [3.63, 3.8) is 0 Å². The minimum absolute atomic E-state index is 0.0950. The molecule has 2 atom stereocenters. The number of rotatable bonds is 7. The number of hydrogen-bond acceptors (Lipinski definition) is 2. The van der Waals surface area contributed by atoms with Crippen molar-refractivity contribution in [3.8, 4) is 0 Å². The van der Waals surface area contributed by atoms with E-state index in [1.165, 1.54) is 25.7 Å². The first kappa shape index (κ1) is 14.6. The van der Waals surface area contributed by atoms with Crippen LogP contribution in [0.1, 0.15) is 44.2 Å². The van der Waals surface area contributed by atoms with E-state index in [0.717, 1.165) is 23.9 Å². The van der Waals surface area contributed by atoms with Crippen LogP contribution in [0.5, 0.6) is 0 Å². The number of carbonyl (C=O) groups is 1. The Morgan fingerprint density at radius 1 is 1.19 bits per heavy atom. The Morgan fingerprint density at radius 3 is 2.29 bits per heavy atom. The molecular weight excluding hydrogens is 260 g/mol. The van der Waals surface area contributed by atoms with Gasteiger partial charge in [0.15, 0.2) is 0 Å². The van der Waals surface area contributed by atoms with Crippen LogP contribution in [0.15, 0.2) is 30.3 Å². The van der Waals surface area contributed by atoms with Gasteiger partial charge in [0.2, 0.25) is 5.91 Å². The third-order valence-electron chi connectivity index (χ3n) is 5.10. The highest BCUT2D eigenvalue weighted by molar-refractivity contribution is 5.79. The number of nitrogens with two attached hydrogens (primary N) is 1. The fraction of sp³-hybridized carbons (Fsp3) is 0.611. The lowest BCUT2D eigenvalue weighted by molar-refractivity contribution is -0.125. The number of hydrogen-bond donors (Lipinski definition) is 2. The molecule has 0 bridgehead atoms. The molecule has 3 rings (SSSR count). The molecule has 1 aromatic carbocycles. The monoisotopic (exact) mass is 286 g/mol. The Labute approximate surface area is 127 Å². The van der Waals surface area contributed by atoms with Crippen molar-refractivity contribution in [1.82, 2.24) is 5.32 Å². The van der Waals surface area contributed by atoms with Gasteiger partial charge < -0.3 is 11.1 Å². The van der Waals surface area contributed by atoms with Crippen molar-refractivity contribution >= 4 is 5.91 Å². The second-order valence-electron chi connectivity index (χ2n) is 6.81. The highest BCUT2D eigenvalue weighted by Crippen LogP contribution is 2.48. The van der Waals surface area contributed by atoms with Crippen molar-refractivity contribution in [1.29, 1.82) is 0 Å². The molecule has 0 aliphatic heterocycles. The first-order valence-corrected chi connectivity index (χ1v) is 8.25. The van der Waals surface area contributed by atoms with Crippen LogP contribution in [-0.2, 0) is 4.79 Å². The summed E-state index contributed by atoms with van der Waals surface area (Å²) in [6, 6.07) is 9.66. The van der Waals surface area contributed by atoms with Crippen molar-refractivity contribution in [3.05, 3.63) is 35.9 Å². The first-order valence-electron chi connectivity index (χ1n) is 8.25. The number of amides is 1. The maximum absolute atomic E-state index is 12.4. The summed E-state index contributed by atoms with van der Waals surface area (Å²) in [6.07, 6.45) is 5.43. The van der Waals surface area contributed by atoms with E-state index in [2.05, 4.69) is 5.32 Å². The van der Waals surface area contributed by atoms with Crippen molar-refractivity contribution < 1.29 is 4.79 Å². The normalized spacial score (nSPS) is 21.1. The lowest BCUT2D eigenvalue weighted by atomic mass is 9.93. The molecule has 2 aliphatic rings. The smallest absolute Gasteiger partial charge is 0.224 e. The lowest BCUT2D eigenvalue weighted by Crippen LogP contribution is -2.38. The summed E-state index contributed by atoms with van der Waals surface area (Å²) in [5, 5.41) is 3.16. The molecule has 0 spiro atoms. The maximum atomic E-state index is 12.4.